The molecule has 0 saturated heterocycles. The minimum absolute atomic E-state index is 0.0260. The van der Waals surface area contributed by atoms with E-state index in [1.54, 1.807) is 0 Å². The van der Waals surface area contributed by atoms with E-state index in [9.17, 15) is 14.7 Å². The predicted octanol–water partition coefficient (Wildman–Crippen LogP) is 18.5. The molecule has 0 aromatic heterocycles. The standard InChI is InChI=1S/2C26H52O2/c1-4-7-9-10-11-12-13-14-15-16-17-18-19-20-22-24-26(27)28-25(6-3)23-21-8-5-2;1-4-7-9-11-12-13-14-15-16-17-18-19-20-22-24-26(6-3,25(27)28)23-21-10-8-5-2/h25H,4-24H2,1-3H3;4-24H2,1-3H3,(H,27,28). The number of ether oxygens (including phenoxy) is 1. The van der Waals surface area contributed by atoms with Gasteiger partial charge in [0.15, 0.2) is 0 Å². The molecule has 56 heavy (non-hydrogen) atoms. The number of hydrogen-bond acceptors (Lipinski definition) is 3. The van der Waals surface area contributed by atoms with Gasteiger partial charge in [-0.05, 0) is 44.9 Å². The zero-order chi connectivity index (χ0) is 41.6. The normalized spacial score (nSPS) is 12.9. The SMILES string of the molecule is CCCCCCCCCCCCCCCCC(CC)(CCCCCC)C(=O)O.CCCCCCCCCCCCCCCCCC(=O)OC(CC)CCCCC. The van der Waals surface area contributed by atoms with Crippen molar-refractivity contribution in [2.24, 2.45) is 5.41 Å². The van der Waals surface area contributed by atoms with Gasteiger partial charge >= 0.3 is 11.9 Å². The highest BCUT2D eigenvalue weighted by Crippen LogP contribution is 2.35. The first-order valence-corrected chi connectivity index (χ1v) is 25.8. The van der Waals surface area contributed by atoms with Crippen LogP contribution in [0.4, 0.5) is 0 Å². The number of hydrogen-bond donors (Lipinski definition) is 1. The van der Waals surface area contributed by atoms with E-state index in [1.165, 1.54) is 212 Å². The molecule has 2 unspecified atom stereocenters. The predicted molar refractivity (Wildman–Crippen MR) is 248 cm³/mol. The van der Waals surface area contributed by atoms with E-state index in [-0.39, 0.29) is 12.1 Å². The topological polar surface area (TPSA) is 63.6 Å². The average Bonchev–Trinajstić information content (AvgIpc) is 3.20. The number of unbranched alkanes of at least 4 members (excludes halogenated alkanes) is 32. The summed E-state index contributed by atoms with van der Waals surface area (Å²) in [7, 11) is 0. The number of carboxylic acid groups (broad SMARTS) is 1. The molecule has 0 aliphatic carbocycles. The van der Waals surface area contributed by atoms with Gasteiger partial charge in [-0.25, -0.2) is 0 Å². The van der Waals surface area contributed by atoms with Crippen molar-refractivity contribution >= 4 is 11.9 Å². The van der Waals surface area contributed by atoms with Crippen LogP contribution in [-0.4, -0.2) is 23.1 Å². The summed E-state index contributed by atoms with van der Waals surface area (Å²) in [5, 5.41) is 9.78. The van der Waals surface area contributed by atoms with E-state index in [4.69, 9.17) is 4.74 Å². The Morgan fingerprint density at radius 3 is 1.00 bits per heavy atom. The van der Waals surface area contributed by atoms with E-state index in [2.05, 4.69) is 41.5 Å². The maximum atomic E-state index is 12.0. The Morgan fingerprint density at radius 1 is 0.411 bits per heavy atom. The van der Waals surface area contributed by atoms with Crippen LogP contribution in [0, 0.1) is 5.41 Å². The van der Waals surface area contributed by atoms with Crippen molar-refractivity contribution in [1.29, 1.82) is 0 Å². The third-order valence-electron chi connectivity index (χ3n) is 12.5. The van der Waals surface area contributed by atoms with Crippen molar-refractivity contribution in [3.63, 3.8) is 0 Å². The first kappa shape index (κ1) is 57.0. The van der Waals surface area contributed by atoms with E-state index < -0.39 is 11.4 Å². The summed E-state index contributed by atoms with van der Waals surface area (Å²) in [5.74, 6) is -0.528. The van der Waals surface area contributed by atoms with E-state index in [1.807, 2.05) is 0 Å². The van der Waals surface area contributed by atoms with Gasteiger partial charge < -0.3 is 9.84 Å². The Hall–Kier alpha value is -1.06. The van der Waals surface area contributed by atoms with Gasteiger partial charge in [0, 0.05) is 6.42 Å². The second-order valence-electron chi connectivity index (χ2n) is 17.8. The summed E-state index contributed by atoms with van der Waals surface area (Å²) < 4.78 is 5.63. The third kappa shape index (κ3) is 39.8. The molecular weight excluding hydrogens is 689 g/mol. The fourth-order valence-corrected chi connectivity index (χ4v) is 8.25. The Morgan fingerprint density at radius 2 is 0.696 bits per heavy atom. The molecule has 336 valence electrons. The van der Waals surface area contributed by atoms with Gasteiger partial charge in [-0.3, -0.25) is 9.59 Å². The second kappa shape index (κ2) is 46.6. The Balaban J connectivity index is 0. The van der Waals surface area contributed by atoms with E-state index in [0.717, 1.165) is 51.4 Å². The van der Waals surface area contributed by atoms with E-state index in [0.29, 0.717) is 6.42 Å². The van der Waals surface area contributed by atoms with Crippen LogP contribution in [0.2, 0.25) is 0 Å². The number of carbonyl (C=O) groups excluding carboxylic acids is 1. The first-order valence-electron chi connectivity index (χ1n) is 25.8. The zero-order valence-corrected chi connectivity index (χ0v) is 39.4. The molecule has 0 aromatic carbocycles. The smallest absolute Gasteiger partial charge is 0.309 e. The molecule has 0 aromatic rings. The molecular formula is C52H104O4. The quantitative estimate of drug-likeness (QED) is 0.0493. The average molecular weight is 793 g/mol. The van der Waals surface area contributed by atoms with Crippen molar-refractivity contribution in [2.45, 2.75) is 317 Å². The van der Waals surface area contributed by atoms with Gasteiger partial charge in [-0.15, -0.1) is 0 Å². The molecule has 1 N–H and O–H groups in total. The molecule has 4 nitrogen and oxygen atoms in total. The Bertz CT molecular complexity index is 781. The van der Waals surface area contributed by atoms with Crippen LogP contribution >= 0.6 is 0 Å². The van der Waals surface area contributed by atoms with Gasteiger partial charge in [0.25, 0.3) is 0 Å². The van der Waals surface area contributed by atoms with Crippen molar-refractivity contribution in [2.75, 3.05) is 0 Å². The summed E-state index contributed by atoms with van der Waals surface area (Å²) in [6.45, 7) is 13.2. The monoisotopic (exact) mass is 793 g/mol. The lowest BCUT2D eigenvalue weighted by Gasteiger charge is -2.28. The Labute approximate surface area is 353 Å². The fraction of sp³-hybridized carbons (Fsp3) is 0.962. The summed E-state index contributed by atoms with van der Waals surface area (Å²) in [5.41, 5.74) is -0.454. The van der Waals surface area contributed by atoms with Gasteiger partial charge in [0.1, 0.15) is 6.10 Å². The highest BCUT2D eigenvalue weighted by atomic mass is 16.5. The molecule has 0 aliphatic rings. The van der Waals surface area contributed by atoms with Crippen LogP contribution in [0.3, 0.4) is 0 Å². The fourth-order valence-electron chi connectivity index (χ4n) is 8.25. The van der Waals surface area contributed by atoms with Gasteiger partial charge in [-0.2, -0.15) is 0 Å². The number of rotatable bonds is 44. The zero-order valence-electron chi connectivity index (χ0n) is 39.4. The van der Waals surface area contributed by atoms with Crippen LogP contribution in [0.5, 0.6) is 0 Å². The highest BCUT2D eigenvalue weighted by molar-refractivity contribution is 5.74. The van der Waals surface area contributed by atoms with Gasteiger partial charge in [0.05, 0.1) is 5.41 Å². The van der Waals surface area contributed by atoms with Crippen molar-refractivity contribution in [3.8, 4) is 0 Å². The molecule has 0 saturated carbocycles. The summed E-state index contributed by atoms with van der Waals surface area (Å²) >= 11 is 0. The molecule has 2 atom stereocenters. The van der Waals surface area contributed by atoms with Crippen molar-refractivity contribution in [1.82, 2.24) is 0 Å². The molecule has 0 spiro atoms. The molecule has 0 rings (SSSR count). The minimum atomic E-state index is -0.554. The minimum Gasteiger partial charge on any atom is -0.481 e. The van der Waals surface area contributed by atoms with Crippen LogP contribution in [0.1, 0.15) is 311 Å². The van der Waals surface area contributed by atoms with Gasteiger partial charge in [0.2, 0.25) is 0 Å². The van der Waals surface area contributed by atoms with Crippen LogP contribution in [0.25, 0.3) is 0 Å². The maximum absolute atomic E-state index is 12.0. The van der Waals surface area contributed by atoms with Crippen molar-refractivity contribution < 1.29 is 19.4 Å². The van der Waals surface area contributed by atoms with Crippen LogP contribution < -0.4 is 0 Å². The van der Waals surface area contributed by atoms with Gasteiger partial charge in [-0.1, -0.05) is 260 Å². The lowest BCUT2D eigenvalue weighted by Crippen LogP contribution is -2.30. The van der Waals surface area contributed by atoms with Crippen LogP contribution in [0.15, 0.2) is 0 Å². The summed E-state index contributed by atoms with van der Waals surface area (Å²) in [6.07, 6.45) is 53.0. The van der Waals surface area contributed by atoms with Crippen LogP contribution in [-0.2, 0) is 14.3 Å². The molecule has 0 heterocycles. The lowest BCUT2D eigenvalue weighted by atomic mass is 9.76. The number of carbonyl (C=O) groups is 2. The summed E-state index contributed by atoms with van der Waals surface area (Å²) in [4.78, 5) is 23.8. The molecule has 0 fully saturated rings. The largest absolute Gasteiger partial charge is 0.481 e. The third-order valence-corrected chi connectivity index (χ3v) is 12.5. The second-order valence-corrected chi connectivity index (χ2v) is 17.8. The highest BCUT2D eigenvalue weighted by Gasteiger charge is 2.35. The first-order chi connectivity index (χ1) is 27.4. The molecule has 0 amide bonds. The van der Waals surface area contributed by atoms with Crippen molar-refractivity contribution in [3.05, 3.63) is 0 Å². The van der Waals surface area contributed by atoms with E-state index >= 15 is 0 Å². The number of aliphatic carboxylic acids is 1. The number of esters is 1. The molecule has 0 aliphatic heterocycles. The molecule has 4 heteroatoms. The summed E-state index contributed by atoms with van der Waals surface area (Å²) in [6, 6.07) is 0. The number of carboxylic acids is 1. The molecule has 0 radical (unpaired) electrons. The maximum Gasteiger partial charge on any atom is 0.309 e. The lowest BCUT2D eigenvalue weighted by molar-refractivity contribution is -0.151. The Kier molecular flexibility index (Phi) is 47.5. The molecule has 0 bridgehead atoms.